The zero-order chi connectivity index (χ0) is 20.3. The average Bonchev–Trinajstić information content (AvgIpc) is 3.42. The minimum atomic E-state index is 0.508. The van der Waals surface area contributed by atoms with Gasteiger partial charge in [-0.05, 0) is 62.1 Å². The second-order valence-corrected chi connectivity index (χ2v) is 7.81. The van der Waals surface area contributed by atoms with Gasteiger partial charge in [0.1, 0.15) is 22.9 Å². The van der Waals surface area contributed by atoms with Crippen LogP contribution in [0, 0.1) is 18.8 Å². The van der Waals surface area contributed by atoms with Crippen LogP contribution in [0.2, 0.25) is 0 Å². The molecule has 0 amide bonds. The van der Waals surface area contributed by atoms with Gasteiger partial charge in [0.25, 0.3) is 0 Å². The lowest BCUT2D eigenvalue weighted by Crippen LogP contribution is -2.16. The maximum Gasteiger partial charge on any atom is 0.139 e. The first-order valence-electron chi connectivity index (χ1n) is 10.6. The van der Waals surface area contributed by atoms with Gasteiger partial charge in [-0.2, -0.15) is 0 Å². The van der Waals surface area contributed by atoms with Gasteiger partial charge in [0.15, 0.2) is 0 Å². The van der Waals surface area contributed by atoms with E-state index >= 15 is 0 Å². The number of benzene rings is 1. The molecule has 5 rings (SSSR count). The van der Waals surface area contributed by atoms with Crippen molar-refractivity contribution in [2.75, 3.05) is 5.32 Å². The van der Waals surface area contributed by atoms with Crippen LogP contribution in [0.3, 0.4) is 0 Å². The van der Waals surface area contributed by atoms with Crippen molar-refractivity contribution in [3.05, 3.63) is 83.8 Å². The Labute approximate surface area is 177 Å². The standard InChI is InChI=1S/C26H24N4/c1-19-23(17-16-22(27-19)15-14-20-9-3-2-4-10-20)25-26(28-21-11-5-6-12-21)30-18-8-7-13-24(30)29-25/h2-4,7-10,13,16-18,21,28H,5-6,11-12H2,1H3. The number of rotatable bonds is 3. The lowest BCUT2D eigenvalue weighted by Gasteiger charge is -2.15. The van der Waals surface area contributed by atoms with Crippen LogP contribution in [-0.2, 0) is 0 Å². The number of pyridine rings is 2. The van der Waals surface area contributed by atoms with E-state index in [0.29, 0.717) is 6.04 Å². The van der Waals surface area contributed by atoms with Gasteiger partial charge in [-0.1, -0.05) is 43.0 Å². The number of hydrogen-bond donors (Lipinski definition) is 1. The summed E-state index contributed by atoms with van der Waals surface area (Å²) < 4.78 is 2.15. The zero-order valence-electron chi connectivity index (χ0n) is 17.1. The third kappa shape index (κ3) is 3.67. The highest BCUT2D eigenvalue weighted by atomic mass is 15.1. The highest BCUT2D eigenvalue weighted by Crippen LogP contribution is 2.33. The van der Waals surface area contributed by atoms with Crippen LogP contribution in [0.5, 0.6) is 0 Å². The van der Waals surface area contributed by atoms with Gasteiger partial charge in [-0.3, -0.25) is 4.40 Å². The minimum Gasteiger partial charge on any atom is -0.367 e. The fourth-order valence-electron chi connectivity index (χ4n) is 4.12. The summed E-state index contributed by atoms with van der Waals surface area (Å²) in [7, 11) is 0. The smallest absolute Gasteiger partial charge is 0.139 e. The predicted molar refractivity (Wildman–Crippen MR) is 121 cm³/mol. The molecule has 4 aromatic rings. The Morgan fingerprint density at radius 3 is 2.50 bits per heavy atom. The van der Waals surface area contributed by atoms with Crippen molar-refractivity contribution in [3.63, 3.8) is 0 Å². The van der Waals surface area contributed by atoms with Crippen LogP contribution in [0.4, 0.5) is 5.82 Å². The Balaban J connectivity index is 1.53. The number of fused-ring (bicyclic) bond motifs is 1. The molecule has 30 heavy (non-hydrogen) atoms. The molecule has 1 aliphatic rings. The first-order chi connectivity index (χ1) is 14.8. The van der Waals surface area contributed by atoms with Gasteiger partial charge in [0, 0.05) is 29.1 Å². The first kappa shape index (κ1) is 18.4. The highest BCUT2D eigenvalue weighted by Gasteiger charge is 2.21. The Morgan fingerprint density at radius 2 is 1.70 bits per heavy atom. The molecule has 1 saturated carbocycles. The summed E-state index contributed by atoms with van der Waals surface area (Å²) in [6, 6.07) is 20.7. The summed E-state index contributed by atoms with van der Waals surface area (Å²) in [6.07, 6.45) is 7.08. The van der Waals surface area contributed by atoms with E-state index in [1.807, 2.05) is 61.5 Å². The van der Waals surface area contributed by atoms with Gasteiger partial charge < -0.3 is 5.32 Å². The van der Waals surface area contributed by atoms with Gasteiger partial charge in [0.2, 0.25) is 0 Å². The van der Waals surface area contributed by atoms with E-state index in [1.165, 1.54) is 25.7 Å². The molecule has 0 saturated heterocycles. The topological polar surface area (TPSA) is 42.2 Å². The molecule has 0 aliphatic heterocycles. The monoisotopic (exact) mass is 392 g/mol. The van der Waals surface area contributed by atoms with Crippen molar-refractivity contribution >= 4 is 11.5 Å². The Hall–Kier alpha value is -3.58. The van der Waals surface area contributed by atoms with Crippen molar-refractivity contribution in [2.24, 2.45) is 0 Å². The Kier molecular flexibility index (Phi) is 4.94. The Morgan fingerprint density at radius 1 is 0.900 bits per heavy atom. The summed E-state index contributed by atoms with van der Waals surface area (Å²) in [5.74, 6) is 7.42. The predicted octanol–water partition coefficient (Wildman–Crippen LogP) is 5.46. The summed E-state index contributed by atoms with van der Waals surface area (Å²) in [5.41, 5.74) is 5.65. The SMILES string of the molecule is Cc1nc(C#Cc2ccccc2)ccc1-c1nc2ccccn2c1NC1CCCC1. The van der Waals surface area contributed by atoms with Crippen LogP contribution in [-0.4, -0.2) is 20.4 Å². The molecular formula is C26H24N4. The molecule has 3 aromatic heterocycles. The lowest BCUT2D eigenvalue weighted by molar-refractivity contribution is 0.749. The minimum absolute atomic E-state index is 0.508. The molecular weight excluding hydrogens is 368 g/mol. The molecule has 4 heteroatoms. The second kappa shape index (κ2) is 8.04. The van der Waals surface area contributed by atoms with E-state index in [9.17, 15) is 0 Å². The lowest BCUT2D eigenvalue weighted by atomic mass is 10.1. The summed E-state index contributed by atoms with van der Waals surface area (Å²) in [4.78, 5) is 9.69. The fourth-order valence-corrected chi connectivity index (χ4v) is 4.12. The molecule has 0 atom stereocenters. The molecule has 1 aromatic carbocycles. The van der Waals surface area contributed by atoms with Crippen LogP contribution >= 0.6 is 0 Å². The molecule has 1 N–H and O–H groups in total. The summed E-state index contributed by atoms with van der Waals surface area (Å²) in [5, 5.41) is 3.76. The Bertz CT molecular complexity index is 1240. The van der Waals surface area contributed by atoms with E-state index in [2.05, 4.69) is 33.8 Å². The highest BCUT2D eigenvalue weighted by molar-refractivity contribution is 5.78. The van der Waals surface area contributed by atoms with Crippen molar-refractivity contribution in [1.82, 2.24) is 14.4 Å². The average molecular weight is 393 g/mol. The van der Waals surface area contributed by atoms with E-state index in [4.69, 9.17) is 9.97 Å². The molecule has 148 valence electrons. The van der Waals surface area contributed by atoms with E-state index in [-0.39, 0.29) is 0 Å². The zero-order valence-corrected chi connectivity index (χ0v) is 17.1. The third-order valence-electron chi connectivity index (χ3n) is 5.68. The summed E-state index contributed by atoms with van der Waals surface area (Å²) in [6.45, 7) is 2.03. The van der Waals surface area contributed by atoms with E-state index in [1.54, 1.807) is 0 Å². The van der Waals surface area contributed by atoms with Crippen LogP contribution in [0.15, 0.2) is 66.9 Å². The van der Waals surface area contributed by atoms with Gasteiger partial charge in [-0.25, -0.2) is 9.97 Å². The molecule has 1 fully saturated rings. The molecule has 1 aliphatic carbocycles. The number of nitrogens with one attached hydrogen (secondary N) is 1. The molecule has 3 heterocycles. The maximum absolute atomic E-state index is 4.93. The number of imidazole rings is 1. The molecule has 0 bridgehead atoms. The van der Waals surface area contributed by atoms with Crippen molar-refractivity contribution < 1.29 is 0 Å². The fraction of sp³-hybridized carbons (Fsp3) is 0.231. The molecule has 0 radical (unpaired) electrons. The first-order valence-corrected chi connectivity index (χ1v) is 10.6. The number of anilines is 1. The van der Waals surface area contributed by atoms with Crippen molar-refractivity contribution in [1.29, 1.82) is 0 Å². The normalized spacial score (nSPS) is 13.9. The van der Waals surface area contributed by atoms with Crippen LogP contribution in [0.25, 0.3) is 16.9 Å². The second-order valence-electron chi connectivity index (χ2n) is 7.81. The van der Waals surface area contributed by atoms with Crippen molar-refractivity contribution in [2.45, 2.75) is 38.6 Å². The van der Waals surface area contributed by atoms with E-state index < -0.39 is 0 Å². The van der Waals surface area contributed by atoms with E-state index in [0.717, 1.165) is 39.7 Å². The van der Waals surface area contributed by atoms with Crippen LogP contribution < -0.4 is 5.32 Å². The third-order valence-corrected chi connectivity index (χ3v) is 5.68. The van der Waals surface area contributed by atoms with Gasteiger partial charge in [-0.15, -0.1) is 0 Å². The summed E-state index contributed by atoms with van der Waals surface area (Å²) >= 11 is 0. The molecule has 0 unspecified atom stereocenters. The largest absolute Gasteiger partial charge is 0.367 e. The molecule has 0 spiro atoms. The van der Waals surface area contributed by atoms with Gasteiger partial charge >= 0.3 is 0 Å². The van der Waals surface area contributed by atoms with Crippen molar-refractivity contribution in [3.8, 4) is 23.1 Å². The number of nitrogens with zero attached hydrogens (tertiary/aromatic N) is 3. The number of aryl methyl sites for hydroxylation is 1. The van der Waals surface area contributed by atoms with Gasteiger partial charge in [0.05, 0.1) is 0 Å². The molecule has 4 nitrogen and oxygen atoms in total. The quantitative estimate of drug-likeness (QED) is 0.471. The number of aromatic nitrogens is 3. The van der Waals surface area contributed by atoms with Crippen LogP contribution in [0.1, 0.15) is 42.6 Å². The maximum atomic E-state index is 4.93. The number of hydrogen-bond acceptors (Lipinski definition) is 3.